The Morgan fingerprint density at radius 1 is 0.694 bits per heavy atom. The zero-order chi connectivity index (χ0) is 26.8. The summed E-state index contributed by atoms with van der Waals surface area (Å²) in [5.41, 5.74) is -0.429. The van der Waals surface area contributed by atoms with Crippen LogP contribution in [0.4, 0.5) is 26.7 Å². The van der Waals surface area contributed by atoms with Gasteiger partial charge in [0.15, 0.2) is 23.3 Å². The van der Waals surface area contributed by atoms with Crippen LogP contribution in [0.15, 0.2) is 24.3 Å². The first kappa shape index (κ1) is 31.1. The molecule has 0 aromatic heterocycles. The molecule has 0 spiro atoms. The molecule has 0 atom stereocenters. The van der Waals surface area contributed by atoms with E-state index < -0.39 is 46.7 Å². The van der Waals surface area contributed by atoms with E-state index in [4.69, 9.17) is 0 Å². The van der Waals surface area contributed by atoms with Crippen molar-refractivity contribution in [1.82, 2.24) is 5.48 Å². The molecule has 0 saturated heterocycles. The number of nitrogens with one attached hydrogen (secondary N) is 1. The van der Waals surface area contributed by atoms with Crippen LogP contribution in [0, 0.1) is 29.1 Å². The van der Waals surface area contributed by atoms with Gasteiger partial charge in [-0.3, -0.25) is 0 Å². The van der Waals surface area contributed by atoms with Crippen LogP contribution in [0.25, 0.3) is 0 Å². The Morgan fingerprint density at radius 2 is 1.17 bits per heavy atom. The number of benzene rings is 1. The second kappa shape index (κ2) is 18.4. The number of carbonyl (C=O) groups is 2. The second-order valence-corrected chi connectivity index (χ2v) is 8.22. The standard InChI is InChI=1S/C26H34F5NO4/c1-2-3-4-5-6-7-8-9-10-11-12-13-14-15-16-17-18-35-26(34)32-36-25(33)19-20(27)22(29)24(31)23(30)21(19)28/h14-17H,2-13,18H2,1H3,(H,32,34)/b15-14+,17-16-. The molecule has 1 aromatic rings. The number of rotatable bonds is 16. The van der Waals surface area contributed by atoms with Crippen LogP contribution in [0.1, 0.15) is 94.3 Å². The lowest BCUT2D eigenvalue weighted by molar-refractivity contribution is 0.0210. The molecule has 0 bridgehead atoms. The molecule has 1 amide bonds. The van der Waals surface area contributed by atoms with Gasteiger partial charge >= 0.3 is 12.1 Å². The first-order valence-electron chi connectivity index (χ1n) is 12.3. The van der Waals surface area contributed by atoms with Crippen LogP contribution in [-0.2, 0) is 9.57 Å². The maximum atomic E-state index is 13.5. The maximum absolute atomic E-state index is 13.5. The van der Waals surface area contributed by atoms with Gasteiger partial charge in [-0.2, -0.15) is 0 Å². The van der Waals surface area contributed by atoms with E-state index >= 15 is 0 Å². The Balaban J connectivity index is 2.13. The number of allylic oxidation sites excluding steroid dienone is 3. The van der Waals surface area contributed by atoms with Crippen molar-refractivity contribution in [3.05, 3.63) is 59.0 Å². The summed E-state index contributed by atoms with van der Waals surface area (Å²) in [6, 6.07) is 0. The highest BCUT2D eigenvalue weighted by Gasteiger charge is 2.31. The third-order valence-electron chi connectivity index (χ3n) is 5.31. The van der Waals surface area contributed by atoms with Crippen molar-refractivity contribution < 1.29 is 41.1 Å². The maximum Gasteiger partial charge on any atom is 0.441 e. The number of hydroxylamine groups is 1. The van der Waals surface area contributed by atoms with Crippen LogP contribution in [0.5, 0.6) is 0 Å². The fourth-order valence-electron chi connectivity index (χ4n) is 3.31. The van der Waals surface area contributed by atoms with Gasteiger partial charge in [0.2, 0.25) is 5.82 Å². The van der Waals surface area contributed by atoms with Gasteiger partial charge in [-0.1, -0.05) is 89.4 Å². The van der Waals surface area contributed by atoms with Gasteiger partial charge in [0.05, 0.1) is 0 Å². The zero-order valence-electron chi connectivity index (χ0n) is 20.5. The first-order chi connectivity index (χ1) is 17.3. The molecule has 202 valence electrons. The molecule has 10 heteroatoms. The third kappa shape index (κ3) is 11.7. The van der Waals surface area contributed by atoms with Crippen molar-refractivity contribution in [2.75, 3.05) is 6.61 Å². The lowest BCUT2D eigenvalue weighted by atomic mass is 10.1. The lowest BCUT2D eigenvalue weighted by Crippen LogP contribution is -2.29. The van der Waals surface area contributed by atoms with Gasteiger partial charge in [0.25, 0.3) is 0 Å². The minimum absolute atomic E-state index is 0.214. The van der Waals surface area contributed by atoms with Gasteiger partial charge in [0, 0.05) is 0 Å². The predicted octanol–water partition coefficient (Wildman–Crippen LogP) is 7.99. The molecule has 5 nitrogen and oxygen atoms in total. The molecule has 1 rings (SSSR count). The number of unbranched alkanes of at least 4 members (excludes halogenated alkanes) is 11. The van der Waals surface area contributed by atoms with Crippen LogP contribution in [0.2, 0.25) is 0 Å². The summed E-state index contributed by atoms with van der Waals surface area (Å²) in [5, 5.41) is 0. The van der Waals surface area contributed by atoms with Gasteiger partial charge < -0.3 is 9.57 Å². The minimum atomic E-state index is -2.42. The van der Waals surface area contributed by atoms with Crippen LogP contribution >= 0.6 is 0 Å². The molecule has 0 saturated carbocycles. The highest BCUT2D eigenvalue weighted by Crippen LogP contribution is 2.23. The van der Waals surface area contributed by atoms with Crippen LogP contribution in [-0.4, -0.2) is 18.7 Å². The lowest BCUT2D eigenvalue weighted by Gasteiger charge is -2.08. The quantitative estimate of drug-likeness (QED) is 0.0600. The van der Waals surface area contributed by atoms with Gasteiger partial charge in [-0.15, -0.1) is 5.48 Å². The Morgan fingerprint density at radius 3 is 1.72 bits per heavy atom. The second-order valence-electron chi connectivity index (χ2n) is 8.22. The summed E-state index contributed by atoms with van der Waals surface area (Å²) in [5.74, 6) is -13.8. The fourth-order valence-corrected chi connectivity index (χ4v) is 3.31. The Bertz CT molecular complexity index is 861. The van der Waals surface area contributed by atoms with Gasteiger partial charge in [0.1, 0.15) is 12.2 Å². The number of hydrogen-bond donors (Lipinski definition) is 1. The number of amides is 1. The average molecular weight is 520 g/mol. The normalized spacial score (nSPS) is 11.4. The monoisotopic (exact) mass is 519 g/mol. The smallest absolute Gasteiger partial charge is 0.441 e. The molecule has 0 aliphatic rings. The number of carbonyl (C=O) groups excluding carboxylic acids is 2. The van der Waals surface area contributed by atoms with Gasteiger partial charge in [-0.25, -0.2) is 31.5 Å². The van der Waals surface area contributed by atoms with Crippen molar-refractivity contribution >= 4 is 12.1 Å². The molecular formula is C26H34F5NO4. The van der Waals surface area contributed by atoms with E-state index in [2.05, 4.69) is 16.5 Å². The largest absolute Gasteiger partial charge is 0.443 e. The summed E-state index contributed by atoms with van der Waals surface area (Å²) in [6.45, 7) is 2.01. The van der Waals surface area contributed by atoms with Crippen molar-refractivity contribution in [1.29, 1.82) is 0 Å². The highest BCUT2D eigenvalue weighted by atomic mass is 19.2. The number of hydrogen-bond acceptors (Lipinski definition) is 4. The van der Waals surface area contributed by atoms with Gasteiger partial charge in [-0.05, 0) is 18.9 Å². The molecular weight excluding hydrogens is 485 g/mol. The van der Waals surface area contributed by atoms with E-state index in [-0.39, 0.29) is 6.61 Å². The van der Waals surface area contributed by atoms with E-state index in [9.17, 15) is 31.5 Å². The van der Waals surface area contributed by atoms with Crippen molar-refractivity contribution in [2.45, 2.75) is 84.0 Å². The number of halogens is 5. The fraction of sp³-hybridized carbons (Fsp3) is 0.538. The molecule has 1 N–H and O–H groups in total. The SMILES string of the molecule is CCCCCCCCCCCCC/C=C/C=C\COC(=O)NOC(=O)c1c(F)c(F)c(F)c(F)c1F. The predicted molar refractivity (Wildman–Crippen MR) is 125 cm³/mol. The van der Waals surface area contributed by atoms with E-state index in [1.165, 1.54) is 75.8 Å². The number of ether oxygens (including phenoxy) is 1. The molecule has 0 heterocycles. The minimum Gasteiger partial charge on any atom is -0.443 e. The summed E-state index contributed by atoms with van der Waals surface area (Å²) < 4.78 is 70.9. The molecule has 36 heavy (non-hydrogen) atoms. The summed E-state index contributed by atoms with van der Waals surface area (Å²) in [7, 11) is 0. The molecule has 0 fully saturated rings. The Kier molecular flexibility index (Phi) is 15.9. The van der Waals surface area contributed by atoms with E-state index in [0.717, 1.165) is 12.8 Å². The highest BCUT2D eigenvalue weighted by molar-refractivity contribution is 5.90. The average Bonchev–Trinajstić information content (AvgIpc) is 2.87. The Hall–Kier alpha value is -2.91. The summed E-state index contributed by atoms with van der Waals surface area (Å²) in [4.78, 5) is 27.1. The van der Waals surface area contributed by atoms with E-state index in [1.54, 1.807) is 12.2 Å². The topological polar surface area (TPSA) is 64.6 Å². The first-order valence-corrected chi connectivity index (χ1v) is 12.3. The van der Waals surface area contributed by atoms with Crippen molar-refractivity contribution in [3.8, 4) is 0 Å². The van der Waals surface area contributed by atoms with Crippen LogP contribution < -0.4 is 5.48 Å². The van der Waals surface area contributed by atoms with E-state index in [0.29, 0.717) is 0 Å². The van der Waals surface area contributed by atoms with Crippen molar-refractivity contribution in [3.63, 3.8) is 0 Å². The molecule has 0 aliphatic heterocycles. The molecule has 0 unspecified atom stereocenters. The Labute approximate surface area is 208 Å². The third-order valence-corrected chi connectivity index (χ3v) is 5.31. The molecule has 0 aliphatic carbocycles. The van der Waals surface area contributed by atoms with E-state index in [1.807, 2.05) is 6.08 Å². The van der Waals surface area contributed by atoms with Crippen molar-refractivity contribution in [2.24, 2.45) is 0 Å². The molecule has 0 radical (unpaired) electrons. The zero-order valence-corrected chi connectivity index (χ0v) is 20.5. The molecule has 1 aromatic carbocycles. The van der Waals surface area contributed by atoms with Crippen LogP contribution in [0.3, 0.4) is 0 Å². The summed E-state index contributed by atoms with van der Waals surface area (Å²) in [6.07, 6.45) is 20.6. The summed E-state index contributed by atoms with van der Waals surface area (Å²) >= 11 is 0.